The minimum atomic E-state index is -0.340. The summed E-state index contributed by atoms with van der Waals surface area (Å²) in [5, 5.41) is 0. The molecule has 0 aliphatic rings. The van der Waals surface area contributed by atoms with Gasteiger partial charge in [-0.05, 0) is 18.1 Å². The van der Waals surface area contributed by atoms with Crippen LogP contribution in [-0.4, -0.2) is 15.5 Å². The van der Waals surface area contributed by atoms with E-state index in [1.165, 1.54) is 0 Å². The second-order valence-corrected chi connectivity index (χ2v) is 4.94. The fourth-order valence-corrected chi connectivity index (χ4v) is 2.46. The van der Waals surface area contributed by atoms with Gasteiger partial charge in [0.05, 0.1) is 11.0 Å². The van der Waals surface area contributed by atoms with Crippen molar-refractivity contribution in [2.45, 2.75) is 33.2 Å². The maximum absolute atomic E-state index is 12.1. The number of nitrogens with two attached hydrogens (primary N) is 1. The predicted octanol–water partition coefficient (Wildman–Crippen LogP) is 1.79. The molecule has 102 valence electrons. The van der Waals surface area contributed by atoms with Gasteiger partial charge >= 0.3 is 0 Å². The number of aromatic nitrogens is 2. The summed E-state index contributed by atoms with van der Waals surface area (Å²) in [6.07, 6.45) is 0.774. The summed E-state index contributed by atoms with van der Waals surface area (Å²) in [7, 11) is 0. The fraction of sp³-hybridized carbons (Fsp3) is 0.429. The van der Waals surface area contributed by atoms with Crippen LogP contribution in [0.25, 0.3) is 11.0 Å². The van der Waals surface area contributed by atoms with Gasteiger partial charge < -0.3 is 4.57 Å². The first-order chi connectivity index (χ1) is 9.10. The number of aryl methyl sites for hydroxylation is 1. The Morgan fingerprint density at radius 1 is 1.42 bits per heavy atom. The molecular formula is C14H20N4O. The van der Waals surface area contributed by atoms with Gasteiger partial charge in [-0.2, -0.15) is 0 Å². The molecule has 0 bridgehead atoms. The number of para-hydroxylation sites is 2. The number of fused-ring (bicyclic) bond motifs is 1. The lowest BCUT2D eigenvalue weighted by Gasteiger charge is -2.23. The van der Waals surface area contributed by atoms with Crippen molar-refractivity contribution in [3.05, 3.63) is 30.1 Å². The topological polar surface area (TPSA) is 72.9 Å². The zero-order valence-electron chi connectivity index (χ0n) is 11.6. The lowest BCUT2D eigenvalue weighted by atomic mass is 10.0. The van der Waals surface area contributed by atoms with Gasteiger partial charge in [-0.1, -0.05) is 32.9 Å². The number of hydrogen-bond donors (Lipinski definition) is 2. The number of carbonyl (C=O) groups excluding carboxylic acids is 1. The standard InChI is InChI=1S/C14H20N4O/c1-4-12-16-10-7-5-6-8-11(10)18(12)13(9(2)3)14(19)17-15/h5-9,13H,4,15H2,1-3H3,(H,17,19). The minimum Gasteiger partial charge on any atom is -0.315 e. The van der Waals surface area contributed by atoms with E-state index in [1.54, 1.807) is 0 Å². The zero-order valence-corrected chi connectivity index (χ0v) is 11.6. The summed E-state index contributed by atoms with van der Waals surface area (Å²) < 4.78 is 2.00. The Morgan fingerprint density at radius 2 is 2.11 bits per heavy atom. The van der Waals surface area contributed by atoms with Gasteiger partial charge in [0, 0.05) is 6.42 Å². The Balaban J connectivity index is 2.67. The molecule has 5 nitrogen and oxygen atoms in total. The van der Waals surface area contributed by atoms with Crippen LogP contribution < -0.4 is 11.3 Å². The third-order valence-electron chi connectivity index (χ3n) is 3.31. The highest BCUT2D eigenvalue weighted by Crippen LogP contribution is 2.26. The molecule has 0 saturated heterocycles. The molecule has 19 heavy (non-hydrogen) atoms. The van der Waals surface area contributed by atoms with Crippen LogP contribution in [0.15, 0.2) is 24.3 Å². The van der Waals surface area contributed by atoms with Crippen LogP contribution in [0.3, 0.4) is 0 Å². The van der Waals surface area contributed by atoms with Gasteiger partial charge in [-0.15, -0.1) is 0 Å². The van der Waals surface area contributed by atoms with Crippen LogP contribution in [0, 0.1) is 5.92 Å². The number of hydrazine groups is 1. The summed E-state index contributed by atoms with van der Waals surface area (Å²) in [6, 6.07) is 7.51. The van der Waals surface area contributed by atoms with Crippen molar-refractivity contribution in [2.24, 2.45) is 11.8 Å². The van der Waals surface area contributed by atoms with Crippen LogP contribution in [0.5, 0.6) is 0 Å². The van der Waals surface area contributed by atoms with E-state index in [4.69, 9.17) is 5.84 Å². The van der Waals surface area contributed by atoms with Gasteiger partial charge in [0.25, 0.3) is 5.91 Å². The number of carbonyl (C=O) groups is 1. The first-order valence-electron chi connectivity index (χ1n) is 6.56. The van der Waals surface area contributed by atoms with E-state index in [-0.39, 0.29) is 17.9 Å². The number of nitrogens with one attached hydrogen (secondary N) is 1. The van der Waals surface area contributed by atoms with E-state index in [1.807, 2.05) is 49.6 Å². The van der Waals surface area contributed by atoms with Crippen molar-refractivity contribution in [3.8, 4) is 0 Å². The minimum absolute atomic E-state index is 0.131. The second kappa shape index (κ2) is 5.40. The molecule has 0 aliphatic carbocycles. The Labute approximate surface area is 112 Å². The van der Waals surface area contributed by atoms with Crippen LogP contribution in [-0.2, 0) is 11.2 Å². The highest BCUT2D eigenvalue weighted by molar-refractivity contribution is 5.84. The van der Waals surface area contributed by atoms with Gasteiger partial charge in [0.1, 0.15) is 11.9 Å². The van der Waals surface area contributed by atoms with Crippen molar-refractivity contribution in [1.29, 1.82) is 0 Å². The Hall–Kier alpha value is -1.88. The van der Waals surface area contributed by atoms with Crippen LogP contribution in [0.2, 0.25) is 0 Å². The highest BCUT2D eigenvalue weighted by Gasteiger charge is 2.27. The molecule has 1 amide bonds. The molecule has 1 unspecified atom stereocenters. The van der Waals surface area contributed by atoms with Gasteiger partial charge in [0.15, 0.2) is 0 Å². The average molecular weight is 260 g/mol. The fourth-order valence-electron chi connectivity index (χ4n) is 2.46. The quantitative estimate of drug-likeness (QED) is 0.500. The first-order valence-corrected chi connectivity index (χ1v) is 6.56. The smallest absolute Gasteiger partial charge is 0.257 e. The van der Waals surface area contributed by atoms with Gasteiger partial charge in [0.2, 0.25) is 0 Å². The molecule has 5 heteroatoms. The number of imidazole rings is 1. The maximum Gasteiger partial charge on any atom is 0.257 e. The number of rotatable bonds is 4. The largest absolute Gasteiger partial charge is 0.315 e. The third-order valence-corrected chi connectivity index (χ3v) is 3.31. The van der Waals surface area contributed by atoms with Crippen molar-refractivity contribution >= 4 is 16.9 Å². The molecule has 0 fully saturated rings. The molecule has 1 atom stereocenters. The lowest BCUT2D eigenvalue weighted by molar-refractivity contribution is -0.125. The third kappa shape index (κ3) is 2.33. The van der Waals surface area contributed by atoms with Crippen molar-refractivity contribution in [1.82, 2.24) is 15.0 Å². The molecule has 1 aromatic carbocycles. The predicted molar refractivity (Wildman–Crippen MR) is 75.3 cm³/mol. The van der Waals surface area contributed by atoms with Crippen LogP contribution >= 0.6 is 0 Å². The van der Waals surface area contributed by atoms with E-state index in [0.29, 0.717) is 0 Å². The van der Waals surface area contributed by atoms with E-state index in [2.05, 4.69) is 10.4 Å². The monoisotopic (exact) mass is 260 g/mol. The summed E-state index contributed by atoms with van der Waals surface area (Å²) in [4.78, 5) is 16.7. The summed E-state index contributed by atoms with van der Waals surface area (Å²) in [5.41, 5.74) is 4.15. The summed E-state index contributed by atoms with van der Waals surface area (Å²) >= 11 is 0. The maximum atomic E-state index is 12.1. The molecule has 0 aliphatic heterocycles. The van der Waals surface area contributed by atoms with Crippen LogP contribution in [0.4, 0.5) is 0 Å². The van der Waals surface area contributed by atoms with Gasteiger partial charge in [-0.3, -0.25) is 10.2 Å². The zero-order chi connectivity index (χ0) is 14.0. The molecule has 0 radical (unpaired) electrons. The number of benzene rings is 1. The Kier molecular flexibility index (Phi) is 3.85. The number of amides is 1. The van der Waals surface area contributed by atoms with E-state index < -0.39 is 0 Å². The second-order valence-electron chi connectivity index (χ2n) is 4.94. The molecule has 0 saturated carbocycles. The van der Waals surface area contributed by atoms with E-state index in [0.717, 1.165) is 23.3 Å². The highest BCUT2D eigenvalue weighted by atomic mass is 16.2. The van der Waals surface area contributed by atoms with E-state index in [9.17, 15) is 4.79 Å². The molecule has 3 N–H and O–H groups in total. The summed E-state index contributed by atoms with van der Waals surface area (Å²) in [6.45, 7) is 6.05. The van der Waals surface area contributed by atoms with Crippen molar-refractivity contribution < 1.29 is 4.79 Å². The molecule has 1 aromatic heterocycles. The molecular weight excluding hydrogens is 240 g/mol. The summed E-state index contributed by atoms with van der Waals surface area (Å²) in [5.74, 6) is 6.17. The van der Waals surface area contributed by atoms with Gasteiger partial charge in [-0.25, -0.2) is 10.8 Å². The number of hydrogen-bond acceptors (Lipinski definition) is 3. The SMILES string of the molecule is CCc1nc2ccccc2n1C(C(=O)NN)C(C)C. The van der Waals surface area contributed by atoms with Crippen LogP contribution in [0.1, 0.15) is 32.6 Å². The van der Waals surface area contributed by atoms with Crippen molar-refractivity contribution in [2.75, 3.05) is 0 Å². The Bertz CT molecular complexity index is 588. The normalized spacial score (nSPS) is 12.9. The number of nitrogens with zero attached hydrogens (tertiary/aromatic N) is 2. The molecule has 0 spiro atoms. The molecule has 1 heterocycles. The first kappa shape index (κ1) is 13.5. The average Bonchev–Trinajstić information content (AvgIpc) is 2.77. The van der Waals surface area contributed by atoms with E-state index >= 15 is 0 Å². The molecule has 2 aromatic rings. The molecule has 2 rings (SSSR count). The van der Waals surface area contributed by atoms with Crippen molar-refractivity contribution in [3.63, 3.8) is 0 Å². The lowest BCUT2D eigenvalue weighted by Crippen LogP contribution is -2.39. The Morgan fingerprint density at radius 3 is 2.68 bits per heavy atom.